The second-order valence-corrected chi connectivity index (χ2v) is 9.11. The molecule has 0 saturated carbocycles. The molecule has 0 spiro atoms. The standard InChI is InChI=1S/C26H14ClN3O5S/c1-14-2-5-19(22(8-14)30(32)33)24-7-4-18(34-24)10-16(12-28)25-29-21(13-36-25)20-11-15-9-17(27)3-6-23(15)35-26(20)31/h2-11,13H,1H3. The number of nitrogens with zero attached hydrogens (tertiary/aromatic N) is 3. The van der Waals surface area contributed by atoms with E-state index in [1.54, 1.807) is 60.8 Å². The molecule has 3 heterocycles. The first-order valence-corrected chi connectivity index (χ1v) is 11.7. The van der Waals surface area contributed by atoms with E-state index in [-0.39, 0.29) is 16.8 Å². The molecule has 2 aromatic carbocycles. The SMILES string of the molecule is Cc1ccc(-c2ccc(C=C(C#N)c3nc(-c4cc5cc(Cl)ccc5oc4=O)cs3)o2)c([N+](=O)[O-])c1. The Hall–Kier alpha value is -4.52. The number of fused-ring (bicyclic) bond motifs is 1. The minimum atomic E-state index is -0.556. The lowest BCUT2D eigenvalue weighted by molar-refractivity contribution is -0.384. The summed E-state index contributed by atoms with van der Waals surface area (Å²) in [5.41, 5.74) is 1.69. The quantitative estimate of drug-likeness (QED) is 0.106. The molecule has 0 amide bonds. The van der Waals surface area contributed by atoms with E-state index in [1.807, 2.05) is 0 Å². The summed E-state index contributed by atoms with van der Waals surface area (Å²) in [7, 11) is 0. The normalized spacial score (nSPS) is 11.5. The van der Waals surface area contributed by atoms with E-state index >= 15 is 0 Å². The van der Waals surface area contributed by atoms with Crippen LogP contribution in [0.2, 0.25) is 5.02 Å². The highest BCUT2D eigenvalue weighted by Crippen LogP contribution is 2.33. The van der Waals surface area contributed by atoms with Crippen molar-refractivity contribution in [3.63, 3.8) is 0 Å². The summed E-state index contributed by atoms with van der Waals surface area (Å²) in [6.07, 6.45) is 1.49. The number of nitro benzene ring substituents is 1. The van der Waals surface area contributed by atoms with Gasteiger partial charge in [-0.3, -0.25) is 10.1 Å². The Morgan fingerprint density at radius 1 is 1.14 bits per heavy atom. The number of nitriles is 1. The van der Waals surface area contributed by atoms with Crippen molar-refractivity contribution in [2.24, 2.45) is 0 Å². The van der Waals surface area contributed by atoms with Crippen LogP contribution in [0, 0.1) is 28.4 Å². The second kappa shape index (κ2) is 9.26. The maximum absolute atomic E-state index is 12.5. The Kier molecular flexibility index (Phi) is 5.98. The van der Waals surface area contributed by atoms with E-state index in [9.17, 15) is 20.2 Å². The van der Waals surface area contributed by atoms with Gasteiger partial charge in [-0.1, -0.05) is 17.7 Å². The summed E-state index contributed by atoms with van der Waals surface area (Å²) in [5.74, 6) is 0.630. The Morgan fingerprint density at radius 3 is 2.75 bits per heavy atom. The number of hydrogen-bond donors (Lipinski definition) is 0. The number of allylic oxidation sites excluding steroid dienone is 1. The van der Waals surface area contributed by atoms with Gasteiger partial charge in [0.15, 0.2) is 0 Å². The van der Waals surface area contributed by atoms with Crippen molar-refractivity contribution in [3.05, 3.63) is 102 Å². The summed E-state index contributed by atoms with van der Waals surface area (Å²) in [6, 6.07) is 16.8. The largest absolute Gasteiger partial charge is 0.456 e. The van der Waals surface area contributed by atoms with Crippen LogP contribution in [-0.2, 0) is 0 Å². The smallest absolute Gasteiger partial charge is 0.345 e. The Balaban J connectivity index is 1.49. The molecule has 0 unspecified atom stereocenters. The van der Waals surface area contributed by atoms with Gasteiger partial charge in [0.05, 0.1) is 27.3 Å². The summed E-state index contributed by atoms with van der Waals surface area (Å²) < 4.78 is 11.2. The molecule has 0 bridgehead atoms. The summed E-state index contributed by atoms with van der Waals surface area (Å²) >= 11 is 7.24. The highest BCUT2D eigenvalue weighted by atomic mass is 35.5. The summed E-state index contributed by atoms with van der Waals surface area (Å²) in [4.78, 5) is 28.0. The molecule has 0 N–H and O–H groups in total. The first-order chi connectivity index (χ1) is 17.3. The minimum absolute atomic E-state index is 0.0690. The van der Waals surface area contributed by atoms with Gasteiger partial charge in [0, 0.05) is 27.9 Å². The number of furan rings is 1. The number of halogens is 1. The van der Waals surface area contributed by atoms with Crippen molar-refractivity contribution in [3.8, 4) is 28.7 Å². The van der Waals surface area contributed by atoms with Gasteiger partial charge in [0.25, 0.3) is 5.69 Å². The zero-order chi connectivity index (χ0) is 25.4. The molecule has 3 aromatic heterocycles. The van der Waals surface area contributed by atoms with E-state index in [0.29, 0.717) is 43.8 Å². The van der Waals surface area contributed by atoms with Crippen molar-refractivity contribution < 1.29 is 13.8 Å². The van der Waals surface area contributed by atoms with Crippen LogP contribution >= 0.6 is 22.9 Å². The first-order valence-electron chi connectivity index (χ1n) is 10.5. The molecule has 5 aromatic rings. The van der Waals surface area contributed by atoms with E-state index in [1.165, 1.54) is 23.5 Å². The zero-order valence-corrected chi connectivity index (χ0v) is 20.1. The third-order valence-corrected chi connectivity index (χ3v) is 6.46. The number of hydrogen-bond acceptors (Lipinski definition) is 8. The van der Waals surface area contributed by atoms with Gasteiger partial charge in [0.2, 0.25) is 0 Å². The molecule has 0 fully saturated rings. The number of benzene rings is 2. The summed E-state index contributed by atoms with van der Waals surface area (Å²) in [6.45, 7) is 1.77. The number of nitro groups is 1. The molecule has 0 atom stereocenters. The Bertz CT molecular complexity index is 1790. The fourth-order valence-corrected chi connectivity index (χ4v) is 4.62. The molecular formula is C26H14ClN3O5S. The average Bonchev–Trinajstić information content (AvgIpc) is 3.52. The van der Waals surface area contributed by atoms with E-state index in [4.69, 9.17) is 20.4 Å². The molecule has 36 heavy (non-hydrogen) atoms. The molecule has 0 radical (unpaired) electrons. The highest BCUT2D eigenvalue weighted by Gasteiger charge is 2.19. The zero-order valence-electron chi connectivity index (χ0n) is 18.5. The van der Waals surface area contributed by atoms with Gasteiger partial charge in [-0.15, -0.1) is 11.3 Å². The van der Waals surface area contributed by atoms with Gasteiger partial charge in [0.1, 0.15) is 28.2 Å². The van der Waals surface area contributed by atoms with Crippen LogP contribution in [-0.4, -0.2) is 9.91 Å². The molecular weight excluding hydrogens is 502 g/mol. The lowest BCUT2D eigenvalue weighted by Gasteiger charge is -2.01. The summed E-state index contributed by atoms with van der Waals surface area (Å²) in [5, 5.41) is 24.4. The maximum Gasteiger partial charge on any atom is 0.345 e. The lowest BCUT2D eigenvalue weighted by Crippen LogP contribution is -2.02. The van der Waals surface area contributed by atoms with Crippen LogP contribution in [0.25, 0.3) is 45.2 Å². The monoisotopic (exact) mass is 515 g/mol. The molecule has 5 rings (SSSR count). The predicted molar refractivity (Wildman–Crippen MR) is 138 cm³/mol. The van der Waals surface area contributed by atoms with Crippen LogP contribution in [0.3, 0.4) is 0 Å². The Labute approximate surface area is 212 Å². The molecule has 0 saturated heterocycles. The van der Waals surface area contributed by atoms with E-state index < -0.39 is 10.5 Å². The van der Waals surface area contributed by atoms with Crippen molar-refractivity contribution in [2.75, 3.05) is 0 Å². The van der Waals surface area contributed by atoms with Crippen molar-refractivity contribution in [2.45, 2.75) is 6.92 Å². The van der Waals surface area contributed by atoms with Crippen LogP contribution < -0.4 is 5.63 Å². The fourth-order valence-electron chi connectivity index (χ4n) is 3.65. The van der Waals surface area contributed by atoms with Crippen LogP contribution in [0.15, 0.2) is 73.6 Å². The van der Waals surface area contributed by atoms with Gasteiger partial charge >= 0.3 is 5.63 Å². The Morgan fingerprint density at radius 2 is 1.97 bits per heavy atom. The van der Waals surface area contributed by atoms with Crippen molar-refractivity contribution >= 4 is 51.2 Å². The third-order valence-electron chi connectivity index (χ3n) is 5.35. The number of aryl methyl sites for hydroxylation is 1. The average molecular weight is 516 g/mol. The van der Waals surface area contributed by atoms with Gasteiger partial charge in [-0.2, -0.15) is 5.26 Å². The third kappa shape index (κ3) is 4.43. The van der Waals surface area contributed by atoms with Gasteiger partial charge < -0.3 is 8.83 Å². The molecule has 0 aliphatic rings. The first kappa shape index (κ1) is 23.2. The lowest BCUT2D eigenvalue weighted by atomic mass is 10.1. The molecule has 176 valence electrons. The van der Waals surface area contributed by atoms with Crippen molar-refractivity contribution in [1.82, 2.24) is 4.98 Å². The topological polar surface area (TPSA) is 123 Å². The fraction of sp³-hybridized carbons (Fsp3) is 0.0385. The van der Waals surface area contributed by atoms with Crippen LogP contribution in [0.1, 0.15) is 16.3 Å². The van der Waals surface area contributed by atoms with E-state index in [2.05, 4.69) is 11.1 Å². The molecule has 0 aliphatic carbocycles. The van der Waals surface area contributed by atoms with Crippen LogP contribution in [0.4, 0.5) is 5.69 Å². The molecule has 8 nitrogen and oxygen atoms in total. The van der Waals surface area contributed by atoms with Gasteiger partial charge in [-0.25, -0.2) is 9.78 Å². The number of thiazole rings is 1. The number of aromatic nitrogens is 1. The predicted octanol–water partition coefficient (Wildman–Crippen LogP) is 7.11. The molecule has 0 aliphatic heterocycles. The molecule has 10 heteroatoms. The second-order valence-electron chi connectivity index (χ2n) is 7.82. The number of rotatable bonds is 5. The van der Waals surface area contributed by atoms with Gasteiger partial charge in [-0.05, 0) is 55.0 Å². The maximum atomic E-state index is 12.5. The highest BCUT2D eigenvalue weighted by molar-refractivity contribution is 7.11. The van der Waals surface area contributed by atoms with Crippen LogP contribution in [0.5, 0.6) is 0 Å². The van der Waals surface area contributed by atoms with E-state index in [0.717, 1.165) is 5.56 Å². The minimum Gasteiger partial charge on any atom is -0.456 e. The van der Waals surface area contributed by atoms with Crippen molar-refractivity contribution in [1.29, 1.82) is 5.26 Å².